The highest BCUT2D eigenvalue weighted by atomic mass is 16.1. The molecule has 4 fully saturated rings. The van der Waals surface area contributed by atoms with Crippen LogP contribution >= 0.6 is 0 Å². The average molecular weight is 326 g/mol. The lowest BCUT2D eigenvalue weighted by Gasteiger charge is -2.59. The van der Waals surface area contributed by atoms with Crippen molar-refractivity contribution in [2.24, 2.45) is 23.2 Å². The molecule has 4 aliphatic rings. The summed E-state index contributed by atoms with van der Waals surface area (Å²) in [5.74, 6) is 2.86. The molecule has 1 unspecified atom stereocenters. The van der Waals surface area contributed by atoms with Crippen LogP contribution in [0.2, 0.25) is 0 Å². The summed E-state index contributed by atoms with van der Waals surface area (Å²) < 4.78 is 0. The second-order valence-corrected chi connectivity index (χ2v) is 8.92. The first-order valence-corrected chi connectivity index (χ1v) is 9.53. The first-order chi connectivity index (χ1) is 11.4. The van der Waals surface area contributed by atoms with Gasteiger partial charge < -0.3 is 10.2 Å². The number of hydrogen-bond acceptors (Lipinski definition) is 2. The van der Waals surface area contributed by atoms with Gasteiger partial charge in [0, 0.05) is 31.4 Å². The monoisotopic (exact) mass is 326 g/mol. The highest BCUT2D eigenvalue weighted by Gasteiger charge is 2.53. The number of nitrogens with one attached hydrogen (secondary N) is 1. The molecule has 0 aliphatic heterocycles. The fourth-order valence-corrected chi connectivity index (χ4v) is 6.05. The van der Waals surface area contributed by atoms with Crippen LogP contribution in [0.1, 0.15) is 55.8 Å². The Hall–Kier alpha value is -1.51. The Bertz CT molecular complexity index is 584. The van der Waals surface area contributed by atoms with E-state index in [9.17, 15) is 4.79 Å². The number of benzene rings is 1. The molecule has 5 rings (SSSR count). The van der Waals surface area contributed by atoms with E-state index in [4.69, 9.17) is 0 Å². The average Bonchev–Trinajstić information content (AvgIpc) is 2.53. The van der Waals surface area contributed by atoms with Crippen LogP contribution in [0.15, 0.2) is 24.3 Å². The summed E-state index contributed by atoms with van der Waals surface area (Å²) in [6.07, 6.45) is 8.35. The third-order valence-electron chi connectivity index (χ3n) is 7.00. The number of anilines is 1. The Morgan fingerprint density at radius 3 is 2.00 bits per heavy atom. The zero-order chi connectivity index (χ0) is 16.9. The second-order valence-electron chi connectivity index (χ2n) is 8.92. The lowest BCUT2D eigenvalue weighted by molar-refractivity contribution is -0.0688. The van der Waals surface area contributed by atoms with Crippen molar-refractivity contribution < 1.29 is 4.79 Å². The minimum Gasteiger partial charge on any atom is -0.378 e. The van der Waals surface area contributed by atoms with Crippen molar-refractivity contribution in [2.75, 3.05) is 19.0 Å². The smallest absolute Gasteiger partial charge is 0.251 e. The summed E-state index contributed by atoms with van der Waals surface area (Å²) >= 11 is 0. The number of carbonyl (C=O) groups is 1. The van der Waals surface area contributed by atoms with Gasteiger partial charge in [-0.15, -0.1) is 0 Å². The van der Waals surface area contributed by atoms with Gasteiger partial charge in [-0.3, -0.25) is 4.79 Å². The molecule has 0 aromatic heterocycles. The van der Waals surface area contributed by atoms with Crippen LogP contribution in [0, 0.1) is 23.2 Å². The zero-order valence-electron chi connectivity index (χ0n) is 15.2. The highest BCUT2D eigenvalue weighted by molar-refractivity contribution is 5.94. The van der Waals surface area contributed by atoms with Crippen LogP contribution in [0.25, 0.3) is 0 Å². The summed E-state index contributed by atoms with van der Waals surface area (Å²) in [6, 6.07) is 8.20. The van der Waals surface area contributed by atoms with E-state index in [-0.39, 0.29) is 11.9 Å². The van der Waals surface area contributed by atoms with Gasteiger partial charge in [0.25, 0.3) is 5.91 Å². The SMILES string of the molecule is CC(NC(=O)c1ccc(N(C)C)cc1)C12CC3CC(CC(C3)C1)C2. The van der Waals surface area contributed by atoms with E-state index in [0.717, 1.165) is 29.0 Å². The Kier molecular flexibility index (Phi) is 3.85. The molecule has 130 valence electrons. The van der Waals surface area contributed by atoms with Crippen LogP contribution in [0.4, 0.5) is 5.69 Å². The molecular formula is C21H30N2O. The minimum atomic E-state index is 0.0866. The van der Waals surface area contributed by atoms with Gasteiger partial charge in [0.05, 0.1) is 0 Å². The fourth-order valence-electron chi connectivity index (χ4n) is 6.05. The number of nitrogens with zero attached hydrogens (tertiary/aromatic N) is 1. The summed E-state index contributed by atoms with van der Waals surface area (Å²) in [7, 11) is 4.04. The Labute approximate surface area is 145 Å². The number of rotatable bonds is 4. The van der Waals surface area contributed by atoms with E-state index in [2.05, 4.69) is 17.1 Å². The molecule has 1 N–H and O–H groups in total. The molecule has 0 spiro atoms. The summed E-state index contributed by atoms with van der Waals surface area (Å²) in [5, 5.41) is 3.35. The lowest BCUT2D eigenvalue weighted by Crippen LogP contribution is -2.55. The van der Waals surface area contributed by atoms with Crippen molar-refractivity contribution in [3.05, 3.63) is 29.8 Å². The zero-order valence-corrected chi connectivity index (χ0v) is 15.2. The lowest BCUT2D eigenvalue weighted by atomic mass is 9.48. The summed E-state index contributed by atoms with van der Waals surface area (Å²) in [5.41, 5.74) is 2.27. The van der Waals surface area contributed by atoms with Crippen LogP contribution < -0.4 is 10.2 Å². The van der Waals surface area contributed by atoms with Gasteiger partial charge in [0.2, 0.25) is 0 Å². The Morgan fingerprint density at radius 2 is 1.54 bits per heavy atom. The molecular weight excluding hydrogens is 296 g/mol. The van der Waals surface area contributed by atoms with Crippen LogP contribution in [-0.2, 0) is 0 Å². The first-order valence-electron chi connectivity index (χ1n) is 9.53. The van der Waals surface area contributed by atoms with Crippen molar-refractivity contribution in [3.8, 4) is 0 Å². The van der Waals surface area contributed by atoms with E-state index in [0.29, 0.717) is 5.41 Å². The summed E-state index contributed by atoms with van der Waals surface area (Å²) in [4.78, 5) is 14.8. The molecule has 0 saturated heterocycles. The number of hydrogen-bond donors (Lipinski definition) is 1. The van der Waals surface area contributed by atoms with Gasteiger partial charge in [-0.1, -0.05) is 0 Å². The van der Waals surface area contributed by atoms with Crippen molar-refractivity contribution >= 4 is 11.6 Å². The van der Waals surface area contributed by atoms with Gasteiger partial charge in [-0.25, -0.2) is 0 Å². The topological polar surface area (TPSA) is 32.3 Å². The van der Waals surface area contributed by atoms with Crippen LogP contribution in [0.5, 0.6) is 0 Å². The molecule has 1 atom stereocenters. The molecule has 1 amide bonds. The van der Waals surface area contributed by atoms with E-state index >= 15 is 0 Å². The Morgan fingerprint density at radius 1 is 1.04 bits per heavy atom. The molecule has 3 nitrogen and oxygen atoms in total. The Balaban J connectivity index is 1.45. The molecule has 4 bridgehead atoms. The van der Waals surface area contributed by atoms with E-state index in [1.54, 1.807) is 0 Å². The molecule has 4 aliphatic carbocycles. The predicted molar refractivity (Wildman–Crippen MR) is 98.3 cm³/mol. The molecule has 24 heavy (non-hydrogen) atoms. The number of amides is 1. The summed E-state index contributed by atoms with van der Waals surface area (Å²) in [6.45, 7) is 2.25. The fraction of sp³-hybridized carbons (Fsp3) is 0.667. The van der Waals surface area contributed by atoms with E-state index < -0.39 is 0 Å². The largest absolute Gasteiger partial charge is 0.378 e. The number of carbonyl (C=O) groups excluding carboxylic acids is 1. The maximum Gasteiger partial charge on any atom is 0.251 e. The van der Waals surface area contributed by atoms with Gasteiger partial charge in [0.15, 0.2) is 0 Å². The van der Waals surface area contributed by atoms with E-state index in [1.165, 1.54) is 38.5 Å². The van der Waals surface area contributed by atoms with Crippen molar-refractivity contribution in [2.45, 2.75) is 51.5 Å². The van der Waals surface area contributed by atoms with Crippen molar-refractivity contribution in [1.29, 1.82) is 0 Å². The van der Waals surface area contributed by atoms with Crippen molar-refractivity contribution in [1.82, 2.24) is 5.32 Å². The van der Waals surface area contributed by atoms with Crippen LogP contribution in [-0.4, -0.2) is 26.0 Å². The third kappa shape index (κ3) is 2.72. The minimum absolute atomic E-state index is 0.0866. The highest BCUT2D eigenvalue weighted by Crippen LogP contribution is 2.61. The van der Waals surface area contributed by atoms with Gasteiger partial charge in [-0.05, 0) is 92.9 Å². The van der Waals surface area contributed by atoms with Gasteiger partial charge in [0.1, 0.15) is 0 Å². The molecule has 3 heteroatoms. The third-order valence-corrected chi connectivity index (χ3v) is 7.00. The van der Waals surface area contributed by atoms with Crippen molar-refractivity contribution in [3.63, 3.8) is 0 Å². The van der Waals surface area contributed by atoms with Gasteiger partial charge >= 0.3 is 0 Å². The standard InChI is InChI=1S/C21H30N2O/c1-14(21-11-15-8-16(12-21)10-17(9-15)13-21)22-20(24)18-4-6-19(7-5-18)23(2)3/h4-7,14-17H,8-13H2,1-3H3,(H,22,24). The normalized spacial score (nSPS) is 34.9. The predicted octanol–water partition coefficient (Wildman–Crippen LogP) is 4.09. The second kappa shape index (κ2) is 5.79. The molecule has 4 saturated carbocycles. The molecule has 0 radical (unpaired) electrons. The maximum absolute atomic E-state index is 12.7. The molecule has 1 aromatic rings. The maximum atomic E-state index is 12.7. The first kappa shape index (κ1) is 16.0. The quantitative estimate of drug-likeness (QED) is 0.904. The molecule has 0 heterocycles. The van der Waals surface area contributed by atoms with Crippen LogP contribution in [0.3, 0.4) is 0 Å². The molecule has 1 aromatic carbocycles. The van der Waals surface area contributed by atoms with Gasteiger partial charge in [-0.2, -0.15) is 0 Å². The van der Waals surface area contributed by atoms with E-state index in [1.807, 2.05) is 38.4 Å².